The molecule has 0 radical (unpaired) electrons. The Morgan fingerprint density at radius 2 is 1.89 bits per heavy atom. The van der Waals surface area contributed by atoms with Gasteiger partial charge in [0.15, 0.2) is 0 Å². The summed E-state index contributed by atoms with van der Waals surface area (Å²) < 4.78 is 0. The highest BCUT2D eigenvalue weighted by atomic mass is 16.3. The van der Waals surface area contributed by atoms with Crippen LogP contribution >= 0.6 is 0 Å². The van der Waals surface area contributed by atoms with Crippen LogP contribution in [0.2, 0.25) is 0 Å². The molecule has 0 heterocycles. The van der Waals surface area contributed by atoms with E-state index in [9.17, 15) is 9.90 Å². The summed E-state index contributed by atoms with van der Waals surface area (Å²) in [6.45, 7) is 5.96. The van der Waals surface area contributed by atoms with Gasteiger partial charge in [0.2, 0.25) is 5.91 Å². The van der Waals surface area contributed by atoms with E-state index in [2.05, 4.69) is 5.32 Å². The van der Waals surface area contributed by atoms with Crippen molar-refractivity contribution < 1.29 is 9.90 Å². The molecule has 0 aromatic heterocycles. The van der Waals surface area contributed by atoms with Crippen molar-refractivity contribution in [2.45, 2.75) is 39.2 Å². The molecule has 100 valence electrons. The molecule has 1 unspecified atom stereocenters. The monoisotopic (exact) mass is 249 g/mol. The SMILES string of the molecule is CCC(C(=O)N[C@H](CO)C(C)C)c1ccccc1. The lowest BCUT2D eigenvalue weighted by atomic mass is 9.94. The molecule has 3 heteroatoms. The van der Waals surface area contributed by atoms with Crippen LogP contribution in [0.15, 0.2) is 30.3 Å². The van der Waals surface area contributed by atoms with Gasteiger partial charge >= 0.3 is 0 Å². The van der Waals surface area contributed by atoms with Crippen LogP contribution in [0.25, 0.3) is 0 Å². The lowest BCUT2D eigenvalue weighted by Crippen LogP contribution is -2.43. The standard InChI is InChI=1S/C15H23NO2/c1-4-13(12-8-6-5-7-9-12)15(18)16-14(10-17)11(2)3/h5-9,11,13-14,17H,4,10H2,1-3H3,(H,16,18)/t13?,14-/m1/s1. The number of benzene rings is 1. The molecule has 0 aliphatic heterocycles. The van der Waals surface area contributed by atoms with Gasteiger partial charge in [0, 0.05) is 0 Å². The quantitative estimate of drug-likeness (QED) is 0.813. The van der Waals surface area contributed by atoms with Crippen molar-refractivity contribution in [1.29, 1.82) is 0 Å². The molecule has 1 aromatic rings. The summed E-state index contributed by atoms with van der Waals surface area (Å²) >= 11 is 0. The van der Waals surface area contributed by atoms with E-state index in [1.165, 1.54) is 0 Å². The molecule has 1 rings (SSSR count). The number of hydrogen-bond donors (Lipinski definition) is 2. The van der Waals surface area contributed by atoms with E-state index in [4.69, 9.17) is 0 Å². The second-order valence-electron chi connectivity index (χ2n) is 4.91. The Hall–Kier alpha value is -1.35. The first kappa shape index (κ1) is 14.7. The summed E-state index contributed by atoms with van der Waals surface area (Å²) in [5.41, 5.74) is 1.03. The van der Waals surface area contributed by atoms with Crippen LogP contribution in [-0.4, -0.2) is 23.7 Å². The largest absolute Gasteiger partial charge is 0.394 e. The summed E-state index contributed by atoms with van der Waals surface area (Å²) in [5.74, 6) is 0.0858. The maximum absolute atomic E-state index is 12.2. The van der Waals surface area contributed by atoms with E-state index in [0.717, 1.165) is 12.0 Å². The van der Waals surface area contributed by atoms with Crippen molar-refractivity contribution in [1.82, 2.24) is 5.32 Å². The Balaban J connectivity index is 2.74. The van der Waals surface area contributed by atoms with Gasteiger partial charge in [0.25, 0.3) is 0 Å². The lowest BCUT2D eigenvalue weighted by Gasteiger charge is -2.23. The van der Waals surface area contributed by atoms with Gasteiger partial charge < -0.3 is 10.4 Å². The Bertz CT molecular complexity index is 362. The highest BCUT2D eigenvalue weighted by molar-refractivity contribution is 5.83. The maximum atomic E-state index is 12.2. The fourth-order valence-corrected chi connectivity index (χ4v) is 1.96. The number of hydrogen-bond acceptors (Lipinski definition) is 2. The average Bonchev–Trinajstić information content (AvgIpc) is 2.37. The summed E-state index contributed by atoms with van der Waals surface area (Å²) in [6.07, 6.45) is 0.756. The molecule has 0 spiro atoms. The molecule has 2 N–H and O–H groups in total. The zero-order chi connectivity index (χ0) is 13.5. The Kier molecular flexibility index (Phi) is 5.86. The van der Waals surface area contributed by atoms with Crippen LogP contribution in [0.1, 0.15) is 38.7 Å². The molecule has 18 heavy (non-hydrogen) atoms. The summed E-state index contributed by atoms with van der Waals surface area (Å²) in [6, 6.07) is 9.59. The minimum absolute atomic E-state index is 0.00329. The molecule has 0 aliphatic carbocycles. The van der Waals surface area contributed by atoms with Gasteiger partial charge in [-0.2, -0.15) is 0 Å². The van der Waals surface area contributed by atoms with Crippen LogP contribution in [0.4, 0.5) is 0 Å². The van der Waals surface area contributed by atoms with Crippen molar-refractivity contribution >= 4 is 5.91 Å². The summed E-state index contributed by atoms with van der Waals surface area (Å²) in [4.78, 5) is 12.2. The fraction of sp³-hybridized carbons (Fsp3) is 0.533. The summed E-state index contributed by atoms with van der Waals surface area (Å²) in [7, 11) is 0. The van der Waals surface area contributed by atoms with Crippen molar-refractivity contribution in [3.63, 3.8) is 0 Å². The number of carbonyl (C=O) groups excluding carboxylic acids is 1. The predicted octanol–water partition coefficient (Wildman–Crippen LogP) is 2.31. The minimum atomic E-state index is -0.171. The van der Waals surface area contributed by atoms with Crippen molar-refractivity contribution in [2.75, 3.05) is 6.61 Å². The van der Waals surface area contributed by atoms with Crippen LogP contribution in [0.3, 0.4) is 0 Å². The van der Waals surface area contributed by atoms with Crippen molar-refractivity contribution in [2.24, 2.45) is 5.92 Å². The Labute approximate surface area is 109 Å². The first-order valence-corrected chi connectivity index (χ1v) is 6.56. The van der Waals surface area contributed by atoms with E-state index >= 15 is 0 Å². The molecular formula is C15H23NO2. The number of carbonyl (C=O) groups is 1. The molecule has 0 aliphatic rings. The van der Waals surface area contributed by atoms with E-state index in [1.807, 2.05) is 51.1 Å². The van der Waals surface area contributed by atoms with Gasteiger partial charge in [-0.25, -0.2) is 0 Å². The van der Waals surface area contributed by atoms with Gasteiger partial charge in [-0.3, -0.25) is 4.79 Å². The average molecular weight is 249 g/mol. The maximum Gasteiger partial charge on any atom is 0.227 e. The van der Waals surface area contributed by atoms with Gasteiger partial charge in [-0.1, -0.05) is 51.1 Å². The van der Waals surface area contributed by atoms with E-state index < -0.39 is 0 Å². The molecule has 0 bridgehead atoms. The molecule has 2 atom stereocenters. The molecule has 1 aromatic carbocycles. The number of rotatable bonds is 6. The van der Waals surface area contributed by atoms with Crippen LogP contribution in [-0.2, 0) is 4.79 Å². The highest BCUT2D eigenvalue weighted by Crippen LogP contribution is 2.19. The fourth-order valence-electron chi connectivity index (χ4n) is 1.96. The summed E-state index contributed by atoms with van der Waals surface area (Å²) in [5, 5.41) is 12.2. The van der Waals surface area contributed by atoms with Crippen LogP contribution in [0, 0.1) is 5.92 Å². The highest BCUT2D eigenvalue weighted by Gasteiger charge is 2.22. The number of aliphatic hydroxyl groups excluding tert-OH is 1. The zero-order valence-corrected chi connectivity index (χ0v) is 11.4. The van der Waals surface area contributed by atoms with E-state index in [0.29, 0.717) is 0 Å². The first-order chi connectivity index (χ1) is 8.60. The third-order valence-corrected chi connectivity index (χ3v) is 3.26. The number of amides is 1. The van der Waals surface area contributed by atoms with Gasteiger partial charge in [0.05, 0.1) is 18.6 Å². The normalized spacial score (nSPS) is 14.3. The van der Waals surface area contributed by atoms with E-state index in [-0.39, 0.29) is 30.4 Å². The third-order valence-electron chi connectivity index (χ3n) is 3.26. The number of aliphatic hydroxyl groups is 1. The smallest absolute Gasteiger partial charge is 0.227 e. The van der Waals surface area contributed by atoms with E-state index in [1.54, 1.807) is 0 Å². The lowest BCUT2D eigenvalue weighted by molar-refractivity contribution is -0.124. The van der Waals surface area contributed by atoms with Crippen molar-refractivity contribution in [3.8, 4) is 0 Å². The second kappa shape index (κ2) is 7.17. The Morgan fingerprint density at radius 3 is 2.33 bits per heavy atom. The molecular weight excluding hydrogens is 226 g/mol. The predicted molar refractivity (Wildman–Crippen MR) is 73.3 cm³/mol. The minimum Gasteiger partial charge on any atom is -0.394 e. The van der Waals surface area contributed by atoms with Crippen LogP contribution < -0.4 is 5.32 Å². The van der Waals surface area contributed by atoms with Gasteiger partial charge in [-0.15, -0.1) is 0 Å². The molecule has 0 saturated heterocycles. The molecule has 0 fully saturated rings. The third kappa shape index (κ3) is 3.84. The molecule has 1 amide bonds. The molecule has 3 nitrogen and oxygen atoms in total. The zero-order valence-electron chi connectivity index (χ0n) is 11.4. The van der Waals surface area contributed by atoms with Gasteiger partial charge in [-0.05, 0) is 17.9 Å². The van der Waals surface area contributed by atoms with Crippen LogP contribution in [0.5, 0.6) is 0 Å². The number of nitrogens with one attached hydrogen (secondary N) is 1. The van der Waals surface area contributed by atoms with Gasteiger partial charge in [0.1, 0.15) is 0 Å². The molecule has 0 saturated carbocycles. The van der Waals surface area contributed by atoms with Crippen molar-refractivity contribution in [3.05, 3.63) is 35.9 Å². The topological polar surface area (TPSA) is 49.3 Å². The second-order valence-corrected chi connectivity index (χ2v) is 4.91. The first-order valence-electron chi connectivity index (χ1n) is 6.56. The Morgan fingerprint density at radius 1 is 1.28 bits per heavy atom.